The molecule has 0 saturated carbocycles. The van der Waals surface area contributed by atoms with Crippen LogP contribution in [0.1, 0.15) is 23.3 Å². The lowest BCUT2D eigenvalue weighted by Gasteiger charge is -2.21. The number of carbonyl (C=O) groups excluding carboxylic acids is 1. The fourth-order valence-electron chi connectivity index (χ4n) is 3.85. The molecule has 0 aromatic carbocycles. The summed E-state index contributed by atoms with van der Waals surface area (Å²) in [5.41, 5.74) is 0.549. The molecule has 2 saturated heterocycles. The number of amides is 1. The van der Waals surface area contributed by atoms with Crippen molar-refractivity contribution in [3.05, 3.63) is 36.7 Å². The number of imidazole rings is 1. The van der Waals surface area contributed by atoms with Crippen molar-refractivity contribution in [1.82, 2.24) is 24.4 Å². The summed E-state index contributed by atoms with van der Waals surface area (Å²) in [5, 5.41) is 0. The molecule has 2 atom stereocenters. The average molecular weight is 326 g/mol. The topological polar surface area (TPSA) is 67.2 Å². The van der Waals surface area contributed by atoms with Crippen LogP contribution in [0, 0.1) is 11.8 Å². The van der Waals surface area contributed by atoms with E-state index in [-0.39, 0.29) is 5.91 Å². The fourth-order valence-corrected chi connectivity index (χ4v) is 3.85. The van der Waals surface area contributed by atoms with Crippen molar-refractivity contribution in [2.24, 2.45) is 18.9 Å². The number of aromatic nitrogens is 4. The van der Waals surface area contributed by atoms with Crippen LogP contribution >= 0.6 is 0 Å². The minimum absolute atomic E-state index is 0.0620. The van der Waals surface area contributed by atoms with Gasteiger partial charge >= 0.3 is 0 Å². The maximum absolute atomic E-state index is 12.6. The zero-order valence-electron chi connectivity index (χ0n) is 13.9. The Bertz CT molecular complexity index is 699. The predicted molar refractivity (Wildman–Crippen MR) is 89.6 cm³/mol. The summed E-state index contributed by atoms with van der Waals surface area (Å²) in [6.45, 7) is 3.58. The Morgan fingerprint density at radius 3 is 2.33 bits per heavy atom. The summed E-state index contributed by atoms with van der Waals surface area (Å²) in [6, 6.07) is 1.84. The zero-order valence-corrected chi connectivity index (χ0v) is 13.9. The molecular weight excluding hydrogens is 304 g/mol. The monoisotopic (exact) mass is 326 g/mol. The standard InChI is InChI=1S/C17H22N6O/c1-21-11-15(20-12-21)16(24)23-9-13-3-7-22(8-4-14(13)10-23)17-18-5-2-6-19-17/h2,5-6,11-14H,3-4,7-10H2,1H3/t13-,14+. The summed E-state index contributed by atoms with van der Waals surface area (Å²) in [6.07, 6.45) is 9.22. The second-order valence-corrected chi connectivity index (χ2v) is 6.77. The summed E-state index contributed by atoms with van der Waals surface area (Å²) in [4.78, 5) is 29.8. The van der Waals surface area contributed by atoms with E-state index < -0.39 is 0 Å². The van der Waals surface area contributed by atoms with Crippen molar-refractivity contribution in [2.75, 3.05) is 31.1 Å². The van der Waals surface area contributed by atoms with Crippen LogP contribution in [0.5, 0.6) is 0 Å². The number of rotatable bonds is 2. The van der Waals surface area contributed by atoms with Gasteiger partial charge in [0.2, 0.25) is 5.95 Å². The third-order valence-electron chi connectivity index (χ3n) is 5.16. The van der Waals surface area contributed by atoms with E-state index in [0.717, 1.165) is 45.0 Å². The first-order chi connectivity index (χ1) is 11.7. The normalized spacial score (nSPS) is 23.9. The van der Waals surface area contributed by atoms with Crippen LogP contribution in [0.25, 0.3) is 0 Å². The largest absolute Gasteiger partial charge is 0.341 e. The van der Waals surface area contributed by atoms with Gasteiger partial charge in [-0.2, -0.15) is 0 Å². The number of likely N-dealkylation sites (tertiary alicyclic amines) is 1. The molecule has 0 radical (unpaired) electrons. The molecule has 7 heteroatoms. The van der Waals surface area contributed by atoms with Gasteiger partial charge in [0.05, 0.1) is 6.33 Å². The molecule has 4 rings (SSSR count). The Morgan fingerprint density at radius 2 is 1.75 bits per heavy atom. The van der Waals surface area contributed by atoms with E-state index >= 15 is 0 Å². The van der Waals surface area contributed by atoms with Crippen molar-refractivity contribution < 1.29 is 4.79 Å². The molecule has 1 amide bonds. The highest BCUT2D eigenvalue weighted by molar-refractivity contribution is 5.92. The van der Waals surface area contributed by atoms with E-state index in [1.165, 1.54) is 0 Å². The van der Waals surface area contributed by atoms with Crippen molar-refractivity contribution >= 4 is 11.9 Å². The van der Waals surface area contributed by atoms with Crippen LogP contribution in [0.2, 0.25) is 0 Å². The van der Waals surface area contributed by atoms with Crippen LogP contribution in [0.3, 0.4) is 0 Å². The van der Waals surface area contributed by atoms with Gasteiger partial charge in [-0.05, 0) is 30.7 Å². The summed E-state index contributed by atoms with van der Waals surface area (Å²) in [5.74, 6) is 2.00. The highest BCUT2D eigenvalue weighted by atomic mass is 16.2. The Labute approximate surface area is 141 Å². The smallest absolute Gasteiger partial charge is 0.274 e. The predicted octanol–water partition coefficient (Wildman–Crippen LogP) is 1.20. The van der Waals surface area contributed by atoms with Gasteiger partial charge in [0.1, 0.15) is 5.69 Å². The van der Waals surface area contributed by atoms with Crippen molar-refractivity contribution in [3.63, 3.8) is 0 Å². The average Bonchev–Trinajstić information content (AvgIpc) is 3.17. The van der Waals surface area contributed by atoms with E-state index in [0.29, 0.717) is 17.5 Å². The van der Waals surface area contributed by atoms with Crippen LogP contribution in [-0.4, -0.2) is 56.5 Å². The van der Waals surface area contributed by atoms with Gasteiger partial charge in [-0.1, -0.05) is 0 Å². The number of hydrogen-bond donors (Lipinski definition) is 0. The quantitative estimate of drug-likeness (QED) is 0.829. The van der Waals surface area contributed by atoms with Crippen LogP contribution in [-0.2, 0) is 7.05 Å². The Kier molecular flexibility index (Phi) is 3.92. The van der Waals surface area contributed by atoms with Crippen molar-refractivity contribution in [2.45, 2.75) is 12.8 Å². The molecular formula is C17H22N6O. The molecule has 126 valence electrons. The third-order valence-corrected chi connectivity index (χ3v) is 5.16. The lowest BCUT2D eigenvalue weighted by Crippen LogP contribution is -2.31. The number of nitrogens with zero attached hydrogens (tertiary/aromatic N) is 6. The van der Waals surface area contributed by atoms with E-state index in [1.807, 2.05) is 22.6 Å². The van der Waals surface area contributed by atoms with Gasteiger partial charge in [0, 0.05) is 51.8 Å². The molecule has 0 aliphatic carbocycles. The molecule has 0 spiro atoms. The molecule has 2 aromatic heterocycles. The van der Waals surface area contributed by atoms with Crippen LogP contribution < -0.4 is 4.90 Å². The second kappa shape index (κ2) is 6.22. The van der Waals surface area contributed by atoms with E-state index in [2.05, 4.69) is 19.9 Å². The molecule has 7 nitrogen and oxygen atoms in total. The number of aryl methyl sites for hydroxylation is 1. The van der Waals surface area contributed by atoms with Crippen LogP contribution in [0.4, 0.5) is 5.95 Å². The first kappa shape index (κ1) is 15.1. The lowest BCUT2D eigenvalue weighted by atomic mass is 9.92. The van der Waals surface area contributed by atoms with Gasteiger partial charge in [-0.3, -0.25) is 4.79 Å². The minimum atomic E-state index is 0.0620. The van der Waals surface area contributed by atoms with E-state index in [9.17, 15) is 4.79 Å². The Morgan fingerprint density at radius 1 is 1.08 bits per heavy atom. The van der Waals surface area contributed by atoms with Gasteiger partial charge in [0.15, 0.2) is 0 Å². The molecule has 0 N–H and O–H groups in total. The molecule has 2 aliphatic heterocycles. The van der Waals surface area contributed by atoms with Gasteiger partial charge in [-0.15, -0.1) is 0 Å². The molecule has 24 heavy (non-hydrogen) atoms. The third kappa shape index (κ3) is 2.86. The molecule has 2 fully saturated rings. The van der Waals surface area contributed by atoms with Crippen LogP contribution in [0.15, 0.2) is 31.0 Å². The fraction of sp³-hybridized carbons (Fsp3) is 0.529. The summed E-state index contributed by atoms with van der Waals surface area (Å²) < 4.78 is 1.82. The molecule has 4 heterocycles. The molecule has 0 unspecified atom stereocenters. The molecule has 2 aromatic rings. The first-order valence-corrected chi connectivity index (χ1v) is 8.50. The van der Waals surface area contributed by atoms with Gasteiger partial charge in [-0.25, -0.2) is 15.0 Å². The molecule has 2 aliphatic rings. The maximum Gasteiger partial charge on any atom is 0.274 e. The second-order valence-electron chi connectivity index (χ2n) is 6.77. The molecule has 0 bridgehead atoms. The Hall–Kier alpha value is -2.44. The van der Waals surface area contributed by atoms with Crippen molar-refractivity contribution in [1.29, 1.82) is 0 Å². The van der Waals surface area contributed by atoms with Crippen molar-refractivity contribution in [3.8, 4) is 0 Å². The van der Waals surface area contributed by atoms with Gasteiger partial charge in [0.25, 0.3) is 5.91 Å². The maximum atomic E-state index is 12.6. The highest BCUT2D eigenvalue weighted by Gasteiger charge is 2.37. The number of fused-ring (bicyclic) bond motifs is 1. The zero-order chi connectivity index (χ0) is 16.5. The lowest BCUT2D eigenvalue weighted by molar-refractivity contribution is 0.0777. The minimum Gasteiger partial charge on any atom is -0.341 e. The first-order valence-electron chi connectivity index (χ1n) is 8.50. The van der Waals surface area contributed by atoms with E-state index in [1.54, 1.807) is 24.9 Å². The number of anilines is 1. The summed E-state index contributed by atoms with van der Waals surface area (Å²) >= 11 is 0. The number of hydrogen-bond acceptors (Lipinski definition) is 5. The summed E-state index contributed by atoms with van der Waals surface area (Å²) in [7, 11) is 1.89. The van der Waals surface area contributed by atoms with E-state index in [4.69, 9.17) is 0 Å². The Balaban J connectivity index is 1.40. The van der Waals surface area contributed by atoms with Gasteiger partial charge < -0.3 is 14.4 Å². The number of carbonyl (C=O) groups is 1. The SMILES string of the molecule is Cn1cnc(C(=O)N2C[C@H]3CCN(c4ncccn4)CC[C@H]3C2)c1. The highest BCUT2D eigenvalue weighted by Crippen LogP contribution is 2.33.